The van der Waals surface area contributed by atoms with E-state index in [2.05, 4.69) is 109 Å². The van der Waals surface area contributed by atoms with Crippen LogP contribution in [-0.4, -0.2) is 0 Å². The summed E-state index contributed by atoms with van der Waals surface area (Å²) in [4.78, 5) is 0. The smallest absolute Gasteiger partial charge is 0.0695 e. The van der Waals surface area contributed by atoms with Gasteiger partial charge in [0.2, 0.25) is 0 Å². The second kappa shape index (κ2) is 26.8. The van der Waals surface area contributed by atoms with Crippen molar-refractivity contribution < 1.29 is 0 Å². The quantitative estimate of drug-likeness (QED) is 0.0362. The van der Waals surface area contributed by atoms with Crippen LogP contribution in [0, 0.1) is 0 Å². The van der Waals surface area contributed by atoms with E-state index >= 15 is 0 Å². The van der Waals surface area contributed by atoms with E-state index in [1.807, 2.05) is 0 Å². The SMILES string of the molecule is CCCCCCCCCCc1ccccc1C(Br)(c1ccccc1CCCCCCCCCC)c1ccccc1CCCCCCCCCC. The molecule has 0 amide bonds. The maximum atomic E-state index is 4.64. The largest absolute Gasteiger partial charge is 0.101 e. The van der Waals surface area contributed by atoms with E-state index in [0.29, 0.717) is 0 Å². The van der Waals surface area contributed by atoms with Gasteiger partial charge >= 0.3 is 0 Å². The van der Waals surface area contributed by atoms with Crippen molar-refractivity contribution in [1.29, 1.82) is 0 Å². The van der Waals surface area contributed by atoms with Crippen molar-refractivity contribution >= 4 is 15.9 Å². The summed E-state index contributed by atoms with van der Waals surface area (Å²) in [6.07, 6.45) is 36.1. The van der Waals surface area contributed by atoms with Gasteiger partial charge in [-0.2, -0.15) is 0 Å². The Labute approximate surface area is 319 Å². The van der Waals surface area contributed by atoms with Crippen molar-refractivity contribution in [2.45, 2.75) is 198 Å². The van der Waals surface area contributed by atoms with E-state index in [0.717, 1.165) is 19.3 Å². The Bertz CT molecular complexity index is 1100. The molecule has 0 nitrogen and oxygen atoms in total. The molecule has 0 spiro atoms. The third kappa shape index (κ3) is 15.0. The standard InChI is InChI=1S/C49H75Br/c1-4-7-10-13-16-19-22-25-34-43-37-28-31-40-46(43)49(50,47-41-32-29-38-44(47)35-26-23-20-17-14-11-8-5-2)48-42-33-30-39-45(48)36-27-24-21-18-15-12-9-6-3/h28-33,37-42H,4-27,34-36H2,1-3H3. The van der Waals surface area contributed by atoms with Crippen LogP contribution in [-0.2, 0) is 23.6 Å². The molecule has 0 N–H and O–H groups in total. The highest BCUT2D eigenvalue weighted by Gasteiger charge is 2.38. The molecule has 3 rings (SSSR count). The lowest BCUT2D eigenvalue weighted by molar-refractivity contribution is 0.573. The monoisotopic (exact) mass is 743 g/mol. The molecular formula is C49H75Br. The molecule has 50 heavy (non-hydrogen) atoms. The molecule has 278 valence electrons. The molecule has 0 aromatic heterocycles. The molecule has 0 fully saturated rings. The van der Waals surface area contributed by atoms with Crippen molar-refractivity contribution in [2.24, 2.45) is 0 Å². The van der Waals surface area contributed by atoms with Gasteiger partial charge in [-0.25, -0.2) is 0 Å². The molecule has 0 radical (unpaired) electrons. The van der Waals surface area contributed by atoms with Crippen molar-refractivity contribution in [3.63, 3.8) is 0 Å². The summed E-state index contributed by atoms with van der Waals surface area (Å²) in [7, 11) is 0. The van der Waals surface area contributed by atoms with E-state index in [-0.39, 0.29) is 4.32 Å². The molecule has 0 bridgehead atoms. The van der Waals surface area contributed by atoms with Crippen LogP contribution in [0.3, 0.4) is 0 Å². The molecule has 0 saturated carbocycles. The topological polar surface area (TPSA) is 0 Å². The summed E-state index contributed by atoms with van der Waals surface area (Å²) in [6.45, 7) is 6.93. The van der Waals surface area contributed by atoms with Crippen LogP contribution in [0.25, 0.3) is 0 Å². The Morgan fingerprint density at radius 3 is 0.800 bits per heavy atom. The first-order valence-electron chi connectivity index (χ1n) is 21.6. The van der Waals surface area contributed by atoms with Gasteiger partial charge in [-0.05, 0) is 71.9 Å². The molecule has 3 aromatic rings. The molecule has 0 aliphatic heterocycles. The molecule has 0 aliphatic carbocycles. The lowest BCUT2D eigenvalue weighted by Crippen LogP contribution is -2.27. The van der Waals surface area contributed by atoms with Crippen LogP contribution >= 0.6 is 15.9 Å². The summed E-state index contributed by atoms with van der Waals surface area (Å²) in [5.74, 6) is 0. The zero-order valence-electron chi connectivity index (χ0n) is 32.9. The maximum Gasteiger partial charge on any atom is 0.101 e. The zero-order chi connectivity index (χ0) is 35.5. The first-order valence-corrected chi connectivity index (χ1v) is 22.4. The molecule has 0 saturated heterocycles. The highest BCUT2D eigenvalue weighted by Crippen LogP contribution is 2.49. The third-order valence-electron chi connectivity index (χ3n) is 11.1. The minimum absolute atomic E-state index is 0.364. The molecule has 0 atom stereocenters. The fourth-order valence-electron chi connectivity index (χ4n) is 8.01. The molecule has 3 aromatic carbocycles. The Morgan fingerprint density at radius 2 is 0.540 bits per heavy atom. The van der Waals surface area contributed by atoms with Crippen LogP contribution in [0.4, 0.5) is 0 Å². The number of rotatable bonds is 30. The lowest BCUT2D eigenvalue weighted by Gasteiger charge is -2.35. The summed E-state index contributed by atoms with van der Waals surface area (Å²) >= 11 is 4.64. The van der Waals surface area contributed by atoms with E-state index in [1.54, 1.807) is 0 Å². The third-order valence-corrected chi connectivity index (χ3v) is 12.3. The number of unbranched alkanes of at least 4 members (excludes halogenated alkanes) is 21. The van der Waals surface area contributed by atoms with Gasteiger partial charge in [-0.1, -0.05) is 244 Å². The average Bonchev–Trinajstić information content (AvgIpc) is 3.15. The van der Waals surface area contributed by atoms with E-state index in [4.69, 9.17) is 0 Å². The predicted molar refractivity (Wildman–Crippen MR) is 227 cm³/mol. The highest BCUT2D eigenvalue weighted by molar-refractivity contribution is 9.10. The number of aryl methyl sites for hydroxylation is 3. The van der Waals surface area contributed by atoms with Gasteiger partial charge in [-0.15, -0.1) is 0 Å². The fourth-order valence-corrected chi connectivity index (χ4v) is 9.17. The number of alkyl halides is 1. The predicted octanol–water partition coefficient (Wildman–Crippen LogP) is 16.4. The van der Waals surface area contributed by atoms with Gasteiger partial charge < -0.3 is 0 Å². The molecule has 1 heteroatoms. The first kappa shape index (κ1) is 42.6. The number of halogens is 1. The minimum atomic E-state index is -0.364. The van der Waals surface area contributed by atoms with Gasteiger partial charge in [0.05, 0.1) is 0 Å². The van der Waals surface area contributed by atoms with Gasteiger partial charge in [0.25, 0.3) is 0 Å². The maximum absolute atomic E-state index is 4.64. The Hall–Kier alpha value is -1.86. The van der Waals surface area contributed by atoms with Crippen molar-refractivity contribution in [2.75, 3.05) is 0 Å². The average molecular weight is 744 g/mol. The van der Waals surface area contributed by atoms with Crippen molar-refractivity contribution in [3.05, 3.63) is 106 Å². The van der Waals surface area contributed by atoms with Gasteiger partial charge in [0, 0.05) is 0 Å². The van der Waals surface area contributed by atoms with E-state index in [9.17, 15) is 0 Å². The lowest BCUT2D eigenvalue weighted by atomic mass is 9.77. The Balaban J connectivity index is 1.86. The van der Waals surface area contributed by atoms with E-state index < -0.39 is 0 Å². The Morgan fingerprint density at radius 1 is 0.320 bits per heavy atom. The van der Waals surface area contributed by atoms with Crippen molar-refractivity contribution in [1.82, 2.24) is 0 Å². The van der Waals surface area contributed by atoms with Gasteiger partial charge in [0.1, 0.15) is 4.32 Å². The summed E-state index contributed by atoms with van der Waals surface area (Å²) in [5, 5.41) is 0. The minimum Gasteiger partial charge on any atom is -0.0695 e. The van der Waals surface area contributed by atoms with Gasteiger partial charge in [-0.3, -0.25) is 0 Å². The molecule has 0 unspecified atom stereocenters. The van der Waals surface area contributed by atoms with Crippen LogP contribution in [0.1, 0.15) is 208 Å². The summed E-state index contributed by atoms with van der Waals surface area (Å²) < 4.78 is -0.364. The molecule has 0 aliphatic rings. The number of benzene rings is 3. The highest BCUT2D eigenvalue weighted by atomic mass is 79.9. The Kier molecular flexibility index (Phi) is 22.8. The van der Waals surface area contributed by atoms with Crippen LogP contribution < -0.4 is 0 Å². The van der Waals surface area contributed by atoms with Crippen molar-refractivity contribution in [3.8, 4) is 0 Å². The first-order chi connectivity index (χ1) is 24.7. The van der Waals surface area contributed by atoms with Gasteiger partial charge in [0.15, 0.2) is 0 Å². The van der Waals surface area contributed by atoms with Crippen LogP contribution in [0.5, 0.6) is 0 Å². The normalized spacial score (nSPS) is 11.8. The second-order valence-electron chi connectivity index (χ2n) is 15.3. The second-order valence-corrected chi connectivity index (χ2v) is 16.5. The zero-order valence-corrected chi connectivity index (χ0v) is 34.5. The fraction of sp³-hybridized carbons (Fsp3) is 0.633. The van der Waals surface area contributed by atoms with Crippen LogP contribution in [0.2, 0.25) is 0 Å². The molecular weight excluding hydrogens is 668 g/mol. The summed E-state index contributed by atoms with van der Waals surface area (Å²) in [6, 6.07) is 28.3. The number of hydrogen-bond donors (Lipinski definition) is 0. The molecule has 0 heterocycles. The number of hydrogen-bond acceptors (Lipinski definition) is 0. The van der Waals surface area contributed by atoms with E-state index in [1.165, 1.54) is 187 Å². The summed E-state index contributed by atoms with van der Waals surface area (Å²) in [5.41, 5.74) is 8.90. The van der Waals surface area contributed by atoms with Crippen LogP contribution in [0.15, 0.2) is 72.8 Å².